The lowest BCUT2D eigenvalue weighted by Crippen LogP contribution is -2.13. The second-order valence-corrected chi connectivity index (χ2v) is 5.65. The van der Waals surface area contributed by atoms with E-state index in [4.69, 9.17) is 5.26 Å². The number of nitrogens with zero attached hydrogens (tertiary/aromatic N) is 1. The van der Waals surface area contributed by atoms with E-state index in [1.807, 2.05) is 12.1 Å². The monoisotopic (exact) mass is 253 g/mol. The smallest absolute Gasteiger partial charge is 0.0991 e. The molecule has 1 fully saturated rings. The van der Waals surface area contributed by atoms with Crippen LogP contribution in [0.2, 0.25) is 0 Å². The van der Waals surface area contributed by atoms with Gasteiger partial charge in [-0.05, 0) is 75.0 Å². The summed E-state index contributed by atoms with van der Waals surface area (Å²) in [4.78, 5) is 0. The van der Waals surface area contributed by atoms with Crippen molar-refractivity contribution in [2.45, 2.75) is 45.4 Å². The summed E-state index contributed by atoms with van der Waals surface area (Å²) in [5.74, 6) is 1.73. The summed E-state index contributed by atoms with van der Waals surface area (Å²) < 4.78 is 0. The second-order valence-electron chi connectivity index (χ2n) is 5.65. The maximum Gasteiger partial charge on any atom is 0.0991 e. The first-order valence-corrected chi connectivity index (χ1v) is 7.43. The van der Waals surface area contributed by atoms with Gasteiger partial charge in [-0.3, -0.25) is 0 Å². The Kier molecular flexibility index (Phi) is 5.21. The van der Waals surface area contributed by atoms with Gasteiger partial charge in [0.25, 0.3) is 0 Å². The number of hydrogen-bond donors (Lipinski definition) is 0. The van der Waals surface area contributed by atoms with Gasteiger partial charge >= 0.3 is 0 Å². The number of allylic oxidation sites excluding steroid dienone is 2. The predicted octanol–water partition coefficient (Wildman–Crippen LogP) is 4.87. The van der Waals surface area contributed by atoms with E-state index in [2.05, 4.69) is 37.3 Å². The van der Waals surface area contributed by atoms with Crippen molar-refractivity contribution in [3.05, 3.63) is 47.5 Å². The van der Waals surface area contributed by atoms with Gasteiger partial charge in [0.05, 0.1) is 11.6 Å². The van der Waals surface area contributed by atoms with Crippen LogP contribution in [-0.2, 0) is 6.42 Å². The van der Waals surface area contributed by atoms with E-state index in [0.29, 0.717) is 0 Å². The number of nitriles is 1. The summed E-state index contributed by atoms with van der Waals surface area (Å²) in [6.45, 7) is 2.12. The Hall–Kier alpha value is -1.55. The summed E-state index contributed by atoms with van der Waals surface area (Å²) in [6, 6.07) is 10.2. The van der Waals surface area contributed by atoms with Crippen molar-refractivity contribution in [2.75, 3.05) is 0 Å². The minimum absolute atomic E-state index is 0.760. The molecule has 0 amide bonds. The molecule has 0 aromatic heterocycles. The summed E-state index contributed by atoms with van der Waals surface area (Å²) in [5, 5.41) is 8.78. The van der Waals surface area contributed by atoms with Gasteiger partial charge in [-0.1, -0.05) is 24.3 Å². The van der Waals surface area contributed by atoms with Crippen molar-refractivity contribution in [2.24, 2.45) is 11.8 Å². The van der Waals surface area contributed by atoms with Crippen LogP contribution in [-0.4, -0.2) is 0 Å². The number of rotatable bonds is 4. The van der Waals surface area contributed by atoms with Gasteiger partial charge in [0.2, 0.25) is 0 Å². The van der Waals surface area contributed by atoms with Gasteiger partial charge in [-0.25, -0.2) is 0 Å². The molecule has 19 heavy (non-hydrogen) atoms. The Morgan fingerprint density at radius 1 is 1.16 bits per heavy atom. The molecule has 1 aliphatic rings. The van der Waals surface area contributed by atoms with E-state index in [0.717, 1.165) is 23.8 Å². The zero-order chi connectivity index (χ0) is 13.5. The van der Waals surface area contributed by atoms with Crippen molar-refractivity contribution in [3.63, 3.8) is 0 Å². The third kappa shape index (κ3) is 4.24. The zero-order valence-electron chi connectivity index (χ0n) is 11.8. The molecular formula is C18H23N. The van der Waals surface area contributed by atoms with E-state index >= 15 is 0 Å². The first kappa shape index (κ1) is 13.9. The van der Waals surface area contributed by atoms with Crippen molar-refractivity contribution < 1.29 is 0 Å². The third-order valence-electron chi connectivity index (χ3n) is 4.28. The van der Waals surface area contributed by atoms with Crippen molar-refractivity contribution in [1.82, 2.24) is 0 Å². The van der Waals surface area contributed by atoms with Gasteiger partial charge in [-0.15, -0.1) is 0 Å². The minimum atomic E-state index is 0.760. The van der Waals surface area contributed by atoms with Gasteiger partial charge < -0.3 is 0 Å². The molecule has 0 saturated heterocycles. The first-order chi connectivity index (χ1) is 9.31. The molecule has 1 aliphatic carbocycles. The lowest BCUT2D eigenvalue weighted by Gasteiger charge is -2.26. The average Bonchev–Trinajstić information content (AvgIpc) is 2.47. The van der Waals surface area contributed by atoms with Gasteiger partial charge in [0.15, 0.2) is 0 Å². The van der Waals surface area contributed by atoms with Gasteiger partial charge in [0.1, 0.15) is 0 Å². The van der Waals surface area contributed by atoms with Crippen LogP contribution in [0.3, 0.4) is 0 Å². The van der Waals surface area contributed by atoms with E-state index in [-0.39, 0.29) is 0 Å². The topological polar surface area (TPSA) is 23.8 Å². The van der Waals surface area contributed by atoms with E-state index in [9.17, 15) is 0 Å². The maximum absolute atomic E-state index is 8.78. The summed E-state index contributed by atoms with van der Waals surface area (Å²) in [7, 11) is 0. The Bertz CT molecular complexity index is 442. The normalized spacial score (nSPS) is 23.4. The molecule has 0 N–H and O–H groups in total. The van der Waals surface area contributed by atoms with Crippen LogP contribution >= 0.6 is 0 Å². The molecule has 0 bridgehead atoms. The molecule has 0 spiro atoms. The summed E-state index contributed by atoms with van der Waals surface area (Å²) >= 11 is 0. The van der Waals surface area contributed by atoms with E-state index < -0.39 is 0 Å². The Morgan fingerprint density at radius 2 is 1.84 bits per heavy atom. The molecule has 1 nitrogen and oxygen atoms in total. The maximum atomic E-state index is 8.78. The Balaban J connectivity index is 1.75. The molecule has 0 aliphatic heterocycles. The number of aryl methyl sites for hydroxylation is 1. The molecule has 0 heterocycles. The highest BCUT2D eigenvalue weighted by molar-refractivity contribution is 5.31. The molecule has 2 rings (SSSR count). The molecule has 1 aromatic carbocycles. The lowest BCUT2D eigenvalue weighted by molar-refractivity contribution is 0.296. The van der Waals surface area contributed by atoms with Crippen LogP contribution in [0.5, 0.6) is 0 Å². The third-order valence-corrected chi connectivity index (χ3v) is 4.28. The van der Waals surface area contributed by atoms with Crippen LogP contribution in [0.15, 0.2) is 36.4 Å². The highest BCUT2D eigenvalue weighted by Crippen LogP contribution is 2.32. The largest absolute Gasteiger partial charge is 0.192 e. The standard InChI is InChI=1S/C18H23N/c1-2-3-15-4-6-16(7-5-15)8-9-17-10-12-18(14-19)13-11-17/h2-3,10-13,15-16H,4-9H2,1H3/b3-2+/t15-,16-. The van der Waals surface area contributed by atoms with Crippen LogP contribution in [0.4, 0.5) is 0 Å². The van der Waals surface area contributed by atoms with E-state index in [1.54, 1.807) is 0 Å². The number of benzene rings is 1. The fourth-order valence-electron chi connectivity index (χ4n) is 3.06. The molecule has 100 valence electrons. The first-order valence-electron chi connectivity index (χ1n) is 7.43. The summed E-state index contributed by atoms with van der Waals surface area (Å²) in [5.41, 5.74) is 2.13. The Labute approximate surface area is 117 Å². The van der Waals surface area contributed by atoms with Crippen LogP contribution < -0.4 is 0 Å². The molecule has 0 unspecified atom stereocenters. The fraction of sp³-hybridized carbons (Fsp3) is 0.500. The second kappa shape index (κ2) is 7.14. The van der Waals surface area contributed by atoms with Crippen molar-refractivity contribution in [1.29, 1.82) is 5.26 Å². The minimum Gasteiger partial charge on any atom is -0.192 e. The fourth-order valence-corrected chi connectivity index (χ4v) is 3.06. The molecule has 1 saturated carbocycles. The average molecular weight is 253 g/mol. The van der Waals surface area contributed by atoms with Crippen LogP contribution in [0.1, 0.15) is 50.2 Å². The highest BCUT2D eigenvalue weighted by Gasteiger charge is 2.18. The van der Waals surface area contributed by atoms with E-state index in [1.165, 1.54) is 37.7 Å². The Morgan fingerprint density at radius 3 is 2.42 bits per heavy atom. The lowest BCUT2D eigenvalue weighted by atomic mass is 9.79. The van der Waals surface area contributed by atoms with Crippen LogP contribution in [0, 0.1) is 23.2 Å². The van der Waals surface area contributed by atoms with Crippen molar-refractivity contribution in [3.8, 4) is 6.07 Å². The van der Waals surface area contributed by atoms with Crippen molar-refractivity contribution >= 4 is 0 Å². The SMILES string of the molecule is C/C=C/[C@H]1CC[C@H](CCc2ccc(C#N)cc2)CC1. The molecule has 1 heteroatoms. The molecule has 1 aromatic rings. The summed E-state index contributed by atoms with van der Waals surface area (Å²) in [6.07, 6.45) is 12.5. The quantitative estimate of drug-likeness (QED) is 0.702. The van der Waals surface area contributed by atoms with Gasteiger partial charge in [-0.2, -0.15) is 5.26 Å². The number of hydrogen-bond acceptors (Lipinski definition) is 1. The zero-order valence-corrected chi connectivity index (χ0v) is 11.8. The molecular weight excluding hydrogens is 230 g/mol. The van der Waals surface area contributed by atoms with Crippen LogP contribution in [0.25, 0.3) is 0 Å². The molecule has 0 atom stereocenters. The highest BCUT2D eigenvalue weighted by atomic mass is 14.2. The molecule has 0 radical (unpaired) electrons. The van der Waals surface area contributed by atoms with Gasteiger partial charge in [0, 0.05) is 0 Å². The predicted molar refractivity (Wildman–Crippen MR) is 79.7 cm³/mol.